The Labute approximate surface area is 188 Å². The quantitative estimate of drug-likeness (QED) is 0.267. The van der Waals surface area contributed by atoms with Crippen molar-refractivity contribution in [1.29, 1.82) is 0 Å². The lowest BCUT2D eigenvalue weighted by atomic mass is 9.72. The molecule has 3 N–H and O–H groups in total. The number of hydrogen-bond acceptors (Lipinski definition) is 3. The monoisotopic (exact) mass is 502 g/mol. The number of aliphatic hydroxyl groups excluding tert-OH is 1. The number of pyridine rings is 1. The Morgan fingerprint density at radius 2 is 2.00 bits per heavy atom. The topological polar surface area (TPSA) is 69.5 Å². The summed E-state index contributed by atoms with van der Waals surface area (Å²) in [6.45, 7) is 9.34. The third-order valence-corrected chi connectivity index (χ3v) is 5.88. The molecule has 5 nitrogen and oxygen atoms in total. The van der Waals surface area contributed by atoms with Crippen molar-refractivity contribution in [2.45, 2.75) is 65.2 Å². The first-order valence-electron chi connectivity index (χ1n) is 10.6. The average Bonchev–Trinajstić information content (AvgIpc) is 2.68. The highest BCUT2D eigenvalue weighted by Crippen LogP contribution is 2.39. The summed E-state index contributed by atoms with van der Waals surface area (Å²) in [7, 11) is 0. The molecule has 0 aliphatic heterocycles. The maximum atomic E-state index is 9.53. The minimum Gasteiger partial charge on any atom is -0.396 e. The number of guanidine groups is 1. The van der Waals surface area contributed by atoms with E-state index in [4.69, 9.17) is 4.99 Å². The van der Waals surface area contributed by atoms with Crippen LogP contribution >= 0.6 is 24.0 Å². The number of aromatic nitrogens is 1. The number of aliphatic imine (C=N–C) groups is 1. The van der Waals surface area contributed by atoms with Gasteiger partial charge in [0.05, 0.1) is 0 Å². The number of hydrogen-bond donors (Lipinski definition) is 3. The van der Waals surface area contributed by atoms with E-state index < -0.39 is 0 Å². The Hall–Kier alpha value is -0.890. The number of rotatable bonds is 9. The molecular weight excluding hydrogens is 463 g/mol. The van der Waals surface area contributed by atoms with Crippen molar-refractivity contribution in [3.8, 4) is 0 Å². The van der Waals surface area contributed by atoms with E-state index in [9.17, 15) is 5.11 Å². The standard InChI is InChI=1S/C22H38N4O.HI/c1-4-24-21(26-17-22(12-14-27)10-6-5-7-11-22)25-16-20(18(2)3)19-9-8-13-23-15-19;/h8-9,13,15,18,20,27H,4-7,10-12,14,16-17H2,1-3H3,(H2,24,25,26);1H. The van der Waals surface area contributed by atoms with Gasteiger partial charge in [-0.3, -0.25) is 9.98 Å². The summed E-state index contributed by atoms with van der Waals surface area (Å²) in [5.41, 5.74) is 1.44. The van der Waals surface area contributed by atoms with Crippen molar-refractivity contribution in [3.05, 3.63) is 30.1 Å². The zero-order valence-electron chi connectivity index (χ0n) is 17.8. The lowest BCUT2D eigenvalue weighted by Gasteiger charge is -2.36. The molecule has 0 radical (unpaired) electrons. The second kappa shape index (κ2) is 13.4. The van der Waals surface area contributed by atoms with Crippen LogP contribution in [-0.2, 0) is 0 Å². The van der Waals surface area contributed by atoms with Crippen molar-refractivity contribution in [2.75, 3.05) is 26.2 Å². The minimum absolute atomic E-state index is 0. The van der Waals surface area contributed by atoms with Crippen molar-refractivity contribution >= 4 is 29.9 Å². The molecule has 0 aromatic carbocycles. The highest BCUT2D eigenvalue weighted by molar-refractivity contribution is 14.0. The zero-order chi connectivity index (χ0) is 19.5. The number of aliphatic hydroxyl groups is 1. The third-order valence-electron chi connectivity index (χ3n) is 5.88. The first-order chi connectivity index (χ1) is 13.1. The molecule has 1 aliphatic rings. The van der Waals surface area contributed by atoms with Crippen molar-refractivity contribution in [1.82, 2.24) is 15.6 Å². The molecule has 0 spiro atoms. The number of nitrogens with zero attached hydrogens (tertiary/aromatic N) is 2. The Bertz CT molecular complexity index is 553. The van der Waals surface area contributed by atoms with Gasteiger partial charge in [0.2, 0.25) is 0 Å². The average molecular weight is 502 g/mol. The van der Waals surface area contributed by atoms with E-state index in [1.807, 2.05) is 18.5 Å². The molecule has 2 rings (SSSR count). The Kier molecular flexibility index (Phi) is 12.0. The van der Waals surface area contributed by atoms with E-state index in [1.54, 1.807) is 0 Å². The predicted octanol–water partition coefficient (Wildman–Crippen LogP) is 4.33. The van der Waals surface area contributed by atoms with Gasteiger partial charge in [0.25, 0.3) is 0 Å². The normalized spacial score (nSPS) is 17.7. The Balaban J connectivity index is 0.00000392. The SMILES string of the molecule is CCNC(=NCC1(CCO)CCCCC1)NCC(c1cccnc1)C(C)C.I. The summed E-state index contributed by atoms with van der Waals surface area (Å²) < 4.78 is 0. The van der Waals surface area contributed by atoms with Crippen LogP contribution in [0.2, 0.25) is 0 Å². The molecule has 0 amide bonds. The molecule has 28 heavy (non-hydrogen) atoms. The van der Waals surface area contributed by atoms with E-state index in [0.717, 1.165) is 32.0 Å². The van der Waals surface area contributed by atoms with Crippen molar-refractivity contribution < 1.29 is 5.11 Å². The van der Waals surface area contributed by atoms with Gasteiger partial charge >= 0.3 is 0 Å². The highest BCUT2D eigenvalue weighted by Gasteiger charge is 2.31. The van der Waals surface area contributed by atoms with E-state index in [0.29, 0.717) is 11.8 Å². The molecule has 1 aromatic heterocycles. The second-order valence-electron chi connectivity index (χ2n) is 8.25. The molecule has 1 fully saturated rings. The smallest absolute Gasteiger partial charge is 0.191 e. The van der Waals surface area contributed by atoms with Gasteiger partial charge in [0, 0.05) is 44.6 Å². The first kappa shape index (κ1) is 25.1. The second-order valence-corrected chi connectivity index (χ2v) is 8.25. The van der Waals surface area contributed by atoms with E-state index in [2.05, 4.69) is 42.5 Å². The number of halogens is 1. The molecule has 1 aliphatic carbocycles. The van der Waals surface area contributed by atoms with Crippen LogP contribution in [0.4, 0.5) is 0 Å². The van der Waals surface area contributed by atoms with Gasteiger partial charge in [-0.25, -0.2) is 0 Å². The van der Waals surface area contributed by atoms with Crippen LogP contribution in [0.3, 0.4) is 0 Å². The molecule has 1 atom stereocenters. The van der Waals surface area contributed by atoms with Gasteiger partial charge in [-0.1, -0.05) is 39.2 Å². The highest BCUT2D eigenvalue weighted by atomic mass is 127. The molecule has 160 valence electrons. The summed E-state index contributed by atoms with van der Waals surface area (Å²) in [5, 5.41) is 16.5. The fourth-order valence-electron chi connectivity index (χ4n) is 4.16. The summed E-state index contributed by atoms with van der Waals surface area (Å²) in [6.07, 6.45) is 10.9. The van der Waals surface area contributed by atoms with Gasteiger partial charge < -0.3 is 15.7 Å². The summed E-state index contributed by atoms with van der Waals surface area (Å²) in [4.78, 5) is 9.20. The molecule has 6 heteroatoms. The molecular formula is C22H39IN4O. The summed E-state index contributed by atoms with van der Waals surface area (Å²) in [5.74, 6) is 1.79. The molecule has 0 saturated heterocycles. The van der Waals surface area contributed by atoms with Crippen molar-refractivity contribution in [2.24, 2.45) is 16.3 Å². The van der Waals surface area contributed by atoms with Crippen LogP contribution in [0.25, 0.3) is 0 Å². The lowest BCUT2D eigenvalue weighted by molar-refractivity contribution is 0.137. The molecule has 0 bridgehead atoms. The number of nitrogens with one attached hydrogen (secondary N) is 2. The van der Waals surface area contributed by atoms with Crippen LogP contribution in [0.15, 0.2) is 29.5 Å². The molecule has 1 aromatic rings. The van der Waals surface area contributed by atoms with Crippen LogP contribution in [-0.4, -0.2) is 42.3 Å². The fourth-order valence-corrected chi connectivity index (χ4v) is 4.16. The Morgan fingerprint density at radius 1 is 1.25 bits per heavy atom. The largest absolute Gasteiger partial charge is 0.396 e. The maximum Gasteiger partial charge on any atom is 0.191 e. The summed E-state index contributed by atoms with van der Waals surface area (Å²) in [6, 6.07) is 4.16. The maximum absolute atomic E-state index is 9.53. The lowest BCUT2D eigenvalue weighted by Crippen LogP contribution is -2.41. The molecule has 1 saturated carbocycles. The van der Waals surface area contributed by atoms with Gasteiger partial charge in [-0.15, -0.1) is 24.0 Å². The Morgan fingerprint density at radius 3 is 2.57 bits per heavy atom. The van der Waals surface area contributed by atoms with Crippen molar-refractivity contribution in [3.63, 3.8) is 0 Å². The first-order valence-corrected chi connectivity index (χ1v) is 10.6. The zero-order valence-corrected chi connectivity index (χ0v) is 20.1. The van der Waals surface area contributed by atoms with Crippen LogP contribution in [0.5, 0.6) is 0 Å². The molecule has 1 heterocycles. The van der Waals surface area contributed by atoms with E-state index >= 15 is 0 Å². The summed E-state index contributed by atoms with van der Waals surface area (Å²) >= 11 is 0. The van der Waals surface area contributed by atoms with E-state index in [1.165, 1.54) is 37.7 Å². The van der Waals surface area contributed by atoms with Gasteiger partial charge in [0.15, 0.2) is 5.96 Å². The van der Waals surface area contributed by atoms with Gasteiger partial charge in [-0.05, 0) is 49.1 Å². The van der Waals surface area contributed by atoms with Crippen LogP contribution in [0.1, 0.15) is 70.8 Å². The van der Waals surface area contributed by atoms with Crippen LogP contribution in [0, 0.1) is 11.3 Å². The van der Waals surface area contributed by atoms with E-state index in [-0.39, 0.29) is 36.0 Å². The molecule has 1 unspecified atom stereocenters. The minimum atomic E-state index is 0. The van der Waals surface area contributed by atoms with Gasteiger partial charge in [0.1, 0.15) is 0 Å². The van der Waals surface area contributed by atoms with Gasteiger partial charge in [-0.2, -0.15) is 0 Å². The predicted molar refractivity (Wildman–Crippen MR) is 128 cm³/mol. The van der Waals surface area contributed by atoms with Crippen LogP contribution < -0.4 is 10.6 Å². The third kappa shape index (κ3) is 7.85. The fraction of sp³-hybridized carbons (Fsp3) is 0.727.